The van der Waals surface area contributed by atoms with E-state index in [4.69, 9.17) is 5.73 Å². The third kappa shape index (κ3) is 5.69. The van der Waals surface area contributed by atoms with Crippen molar-refractivity contribution in [3.63, 3.8) is 0 Å². The van der Waals surface area contributed by atoms with Crippen LogP contribution in [0.5, 0.6) is 0 Å². The lowest BCUT2D eigenvalue weighted by Crippen LogP contribution is -2.38. The summed E-state index contributed by atoms with van der Waals surface area (Å²) < 4.78 is 0. The van der Waals surface area contributed by atoms with Gasteiger partial charge >= 0.3 is 0 Å². The van der Waals surface area contributed by atoms with E-state index < -0.39 is 6.10 Å². The Morgan fingerprint density at radius 2 is 1.52 bits per heavy atom. The largest absolute Gasteiger partial charge is 0.393 e. The summed E-state index contributed by atoms with van der Waals surface area (Å²) in [5.74, 6) is -0.321. The van der Waals surface area contributed by atoms with Crippen LogP contribution >= 0.6 is 0 Å². The predicted octanol–water partition coefficient (Wildman–Crippen LogP) is 2.99. The number of rotatable bonds is 8. The summed E-state index contributed by atoms with van der Waals surface area (Å²) >= 11 is 0. The number of hydrogen-bond donors (Lipinski definition) is 3. The molecule has 134 valence electrons. The minimum absolute atomic E-state index is 0.0668. The molecule has 0 aliphatic rings. The Labute approximate surface area is 150 Å². The molecule has 4 nitrogen and oxygen atoms in total. The van der Waals surface area contributed by atoms with Gasteiger partial charge in [-0.3, -0.25) is 4.79 Å². The molecule has 1 amide bonds. The Kier molecular flexibility index (Phi) is 7.16. The first-order valence-corrected chi connectivity index (χ1v) is 8.80. The Balaban J connectivity index is 1.98. The van der Waals surface area contributed by atoms with Gasteiger partial charge in [0.15, 0.2) is 0 Å². The van der Waals surface area contributed by atoms with Crippen molar-refractivity contribution < 1.29 is 9.90 Å². The van der Waals surface area contributed by atoms with Crippen LogP contribution in [0, 0.1) is 5.92 Å². The molecule has 0 aliphatic carbocycles. The summed E-state index contributed by atoms with van der Waals surface area (Å²) in [4.78, 5) is 12.5. The van der Waals surface area contributed by atoms with Gasteiger partial charge in [0.05, 0.1) is 12.0 Å². The van der Waals surface area contributed by atoms with Gasteiger partial charge in [-0.25, -0.2) is 0 Å². The molecule has 2 aromatic rings. The van der Waals surface area contributed by atoms with Crippen molar-refractivity contribution in [2.24, 2.45) is 11.7 Å². The molecule has 0 fully saturated rings. The molecule has 4 heteroatoms. The first-order chi connectivity index (χ1) is 12.0. The number of aliphatic hydroxyl groups excluding tert-OH is 1. The van der Waals surface area contributed by atoms with Crippen LogP contribution in [0.1, 0.15) is 43.4 Å². The minimum atomic E-state index is -0.425. The molecule has 0 aromatic heterocycles. The predicted molar refractivity (Wildman–Crippen MR) is 101 cm³/mol. The average Bonchev–Trinajstić information content (AvgIpc) is 2.64. The van der Waals surface area contributed by atoms with Crippen LogP contribution in [-0.4, -0.2) is 23.7 Å². The van der Waals surface area contributed by atoms with Crippen LogP contribution in [0.3, 0.4) is 0 Å². The fourth-order valence-electron chi connectivity index (χ4n) is 2.99. The molecule has 0 heterocycles. The van der Waals surface area contributed by atoms with E-state index in [0.29, 0.717) is 13.0 Å². The summed E-state index contributed by atoms with van der Waals surface area (Å²) in [6.45, 7) is 4.10. The van der Waals surface area contributed by atoms with Crippen molar-refractivity contribution in [2.45, 2.75) is 38.3 Å². The lowest BCUT2D eigenvalue weighted by molar-refractivity contribution is -0.125. The number of amides is 1. The summed E-state index contributed by atoms with van der Waals surface area (Å²) in [6.07, 6.45) is 0.176. The van der Waals surface area contributed by atoms with E-state index in [1.165, 1.54) is 0 Å². The molecule has 0 aliphatic heterocycles. The molecule has 0 saturated carbocycles. The lowest BCUT2D eigenvalue weighted by Gasteiger charge is -2.23. The van der Waals surface area contributed by atoms with Gasteiger partial charge in [-0.05, 0) is 24.5 Å². The quantitative estimate of drug-likeness (QED) is 0.691. The zero-order valence-electron chi connectivity index (χ0n) is 14.9. The van der Waals surface area contributed by atoms with E-state index in [0.717, 1.165) is 11.1 Å². The highest BCUT2D eigenvalue weighted by molar-refractivity contribution is 5.79. The number of nitrogens with one attached hydrogen (secondary N) is 1. The number of hydrogen-bond acceptors (Lipinski definition) is 3. The molecule has 4 N–H and O–H groups in total. The maximum Gasteiger partial charge on any atom is 0.224 e. The van der Waals surface area contributed by atoms with E-state index in [1.807, 2.05) is 67.6 Å². The SMILES string of the molecule is CC(O)CC(CNC(=O)C(C)C(N)c1ccccc1)c1ccccc1. The Bertz CT molecular complexity index is 643. The Morgan fingerprint density at radius 1 is 1.00 bits per heavy atom. The van der Waals surface area contributed by atoms with Crippen LogP contribution in [0.15, 0.2) is 60.7 Å². The fourth-order valence-corrected chi connectivity index (χ4v) is 2.99. The van der Waals surface area contributed by atoms with Crippen molar-refractivity contribution in [2.75, 3.05) is 6.54 Å². The topological polar surface area (TPSA) is 75.3 Å². The third-order valence-electron chi connectivity index (χ3n) is 4.56. The molecule has 0 radical (unpaired) electrons. The Hall–Kier alpha value is -2.17. The lowest BCUT2D eigenvalue weighted by atomic mass is 9.92. The van der Waals surface area contributed by atoms with Gasteiger partial charge in [0.25, 0.3) is 0 Å². The fraction of sp³-hybridized carbons (Fsp3) is 0.381. The molecule has 0 saturated heterocycles. The molecule has 2 aromatic carbocycles. The average molecular weight is 340 g/mol. The second-order valence-electron chi connectivity index (χ2n) is 6.66. The van der Waals surface area contributed by atoms with Crippen LogP contribution in [0.25, 0.3) is 0 Å². The van der Waals surface area contributed by atoms with Gasteiger partial charge in [-0.15, -0.1) is 0 Å². The number of carbonyl (C=O) groups is 1. The number of benzene rings is 2. The van der Waals surface area contributed by atoms with Crippen molar-refractivity contribution in [1.29, 1.82) is 0 Å². The van der Waals surface area contributed by atoms with Crippen LogP contribution < -0.4 is 11.1 Å². The Morgan fingerprint density at radius 3 is 2.04 bits per heavy atom. The van der Waals surface area contributed by atoms with Crippen LogP contribution in [0.4, 0.5) is 0 Å². The van der Waals surface area contributed by atoms with Crippen molar-refractivity contribution in [3.05, 3.63) is 71.8 Å². The number of aliphatic hydroxyl groups is 1. The highest BCUT2D eigenvalue weighted by atomic mass is 16.3. The third-order valence-corrected chi connectivity index (χ3v) is 4.56. The highest BCUT2D eigenvalue weighted by Gasteiger charge is 2.23. The van der Waals surface area contributed by atoms with E-state index in [9.17, 15) is 9.90 Å². The minimum Gasteiger partial charge on any atom is -0.393 e. The van der Waals surface area contributed by atoms with Gasteiger partial charge in [0, 0.05) is 18.5 Å². The monoisotopic (exact) mass is 340 g/mol. The standard InChI is InChI=1S/C21H28N2O2/c1-15(24)13-19(17-9-5-3-6-10-17)14-23-21(25)16(2)20(22)18-11-7-4-8-12-18/h3-12,15-16,19-20,24H,13-14,22H2,1-2H3,(H,23,25). The summed E-state index contributed by atoms with van der Waals surface area (Å²) in [5.41, 5.74) is 8.30. The van der Waals surface area contributed by atoms with Gasteiger partial charge in [-0.2, -0.15) is 0 Å². The maximum absolute atomic E-state index is 12.5. The maximum atomic E-state index is 12.5. The van der Waals surface area contributed by atoms with Gasteiger partial charge < -0.3 is 16.2 Å². The zero-order valence-corrected chi connectivity index (χ0v) is 14.9. The molecule has 25 heavy (non-hydrogen) atoms. The van der Waals surface area contributed by atoms with Crippen LogP contribution in [-0.2, 0) is 4.79 Å². The molecule has 0 spiro atoms. The number of carbonyl (C=O) groups excluding carboxylic acids is 1. The zero-order chi connectivity index (χ0) is 18.2. The van der Waals surface area contributed by atoms with E-state index in [-0.39, 0.29) is 23.8 Å². The summed E-state index contributed by atoms with van der Waals surface area (Å²) in [7, 11) is 0. The second-order valence-corrected chi connectivity index (χ2v) is 6.66. The highest BCUT2D eigenvalue weighted by Crippen LogP contribution is 2.22. The van der Waals surface area contributed by atoms with Gasteiger partial charge in [-0.1, -0.05) is 67.6 Å². The molecule has 0 bridgehead atoms. The number of nitrogens with two attached hydrogens (primary N) is 1. The van der Waals surface area contributed by atoms with Crippen LogP contribution in [0.2, 0.25) is 0 Å². The molecule has 2 rings (SSSR count). The van der Waals surface area contributed by atoms with Crippen molar-refractivity contribution in [1.82, 2.24) is 5.32 Å². The van der Waals surface area contributed by atoms with E-state index >= 15 is 0 Å². The van der Waals surface area contributed by atoms with Gasteiger partial charge in [0.1, 0.15) is 0 Å². The van der Waals surface area contributed by atoms with Gasteiger partial charge in [0.2, 0.25) is 5.91 Å². The van der Waals surface area contributed by atoms with E-state index in [2.05, 4.69) is 5.32 Å². The molecule has 4 unspecified atom stereocenters. The smallest absolute Gasteiger partial charge is 0.224 e. The molecular formula is C21H28N2O2. The first kappa shape index (κ1) is 19.2. The second kappa shape index (κ2) is 9.35. The molecular weight excluding hydrogens is 312 g/mol. The van der Waals surface area contributed by atoms with E-state index in [1.54, 1.807) is 6.92 Å². The summed E-state index contributed by atoms with van der Waals surface area (Å²) in [5, 5.41) is 12.8. The van der Waals surface area contributed by atoms with Crippen molar-refractivity contribution >= 4 is 5.91 Å². The first-order valence-electron chi connectivity index (χ1n) is 8.80. The molecule has 4 atom stereocenters. The van der Waals surface area contributed by atoms with Crippen molar-refractivity contribution in [3.8, 4) is 0 Å². The normalized spacial score (nSPS) is 15.8. The summed E-state index contributed by atoms with van der Waals surface area (Å²) in [6, 6.07) is 19.3.